The van der Waals surface area contributed by atoms with Crippen LogP contribution in [0.4, 0.5) is 4.39 Å². The number of benzene rings is 2. The molecule has 21 heavy (non-hydrogen) atoms. The molecule has 0 atom stereocenters. The second-order valence-electron chi connectivity index (χ2n) is 4.37. The van der Waals surface area contributed by atoms with E-state index in [0.717, 1.165) is 24.3 Å². The molecule has 0 saturated carbocycles. The second kappa shape index (κ2) is 7.59. The Kier molecular flexibility index (Phi) is 5.78. The smallest absolute Gasteiger partial charge is 0.211 e. The van der Waals surface area contributed by atoms with Crippen molar-refractivity contribution < 1.29 is 12.8 Å². The predicted octanol–water partition coefficient (Wildman–Crippen LogP) is 3.29. The van der Waals surface area contributed by atoms with Gasteiger partial charge in [-0.25, -0.2) is 17.5 Å². The maximum atomic E-state index is 12.8. The first-order valence-corrected chi connectivity index (χ1v) is 8.98. The Balaban J connectivity index is 1.76. The summed E-state index contributed by atoms with van der Waals surface area (Å²) < 4.78 is 39.2. The Morgan fingerprint density at radius 2 is 1.67 bits per heavy atom. The minimum absolute atomic E-state index is 0.0830. The Morgan fingerprint density at radius 1 is 1.00 bits per heavy atom. The standard InChI is InChI=1S/C15H16FNO2S2/c16-13-7-9-15(10-8-13)21(18,19)17-11-4-12-20-14-5-2-1-3-6-14/h1-3,5-10,17H,4,11-12H2. The molecule has 0 heterocycles. The lowest BCUT2D eigenvalue weighted by molar-refractivity contribution is 0.580. The van der Waals surface area contributed by atoms with Crippen LogP contribution in [0.15, 0.2) is 64.4 Å². The van der Waals surface area contributed by atoms with Crippen LogP contribution in [0.5, 0.6) is 0 Å². The first-order chi connectivity index (χ1) is 10.1. The van der Waals surface area contributed by atoms with Crippen molar-refractivity contribution in [3.05, 3.63) is 60.4 Å². The lowest BCUT2D eigenvalue weighted by Crippen LogP contribution is -2.25. The van der Waals surface area contributed by atoms with Gasteiger partial charge in [0.1, 0.15) is 5.82 Å². The second-order valence-corrected chi connectivity index (χ2v) is 7.30. The van der Waals surface area contributed by atoms with Crippen molar-refractivity contribution in [3.8, 4) is 0 Å². The van der Waals surface area contributed by atoms with Crippen molar-refractivity contribution in [3.63, 3.8) is 0 Å². The first kappa shape index (κ1) is 16.0. The molecule has 0 aromatic heterocycles. The molecule has 3 nitrogen and oxygen atoms in total. The minimum atomic E-state index is -3.55. The van der Waals surface area contributed by atoms with Crippen LogP contribution >= 0.6 is 11.8 Å². The Hall–Kier alpha value is -1.37. The van der Waals surface area contributed by atoms with E-state index in [9.17, 15) is 12.8 Å². The van der Waals surface area contributed by atoms with Gasteiger partial charge in [-0.15, -0.1) is 11.8 Å². The molecule has 2 rings (SSSR count). The summed E-state index contributed by atoms with van der Waals surface area (Å²) in [6, 6.07) is 14.7. The molecular weight excluding hydrogens is 309 g/mol. The van der Waals surface area contributed by atoms with Crippen molar-refractivity contribution in [1.29, 1.82) is 0 Å². The van der Waals surface area contributed by atoms with Crippen LogP contribution < -0.4 is 4.72 Å². The van der Waals surface area contributed by atoms with Gasteiger partial charge in [-0.2, -0.15) is 0 Å². The largest absolute Gasteiger partial charge is 0.240 e. The third-order valence-corrected chi connectivity index (χ3v) is 5.32. The molecule has 6 heteroatoms. The average Bonchev–Trinajstić information content (AvgIpc) is 2.48. The fourth-order valence-electron chi connectivity index (χ4n) is 1.68. The van der Waals surface area contributed by atoms with E-state index >= 15 is 0 Å². The fourth-order valence-corrected chi connectivity index (χ4v) is 3.63. The molecule has 2 aromatic carbocycles. The zero-order valence-electron chi connectivity index (χ0n) is 11.3. The summed E-state index contributed by atoms with van der Waals surface area (Å²) >= 11 is 1.68. The number of thioether (sulfide) groups is 1. The number of hydrogen-bond acceptors (Lipinski definition) is 3. The van der Waals surface area contributed by atoms with Gasteiger partial charge in [0, 0.05) is 11.4 Å². The maximum absolute atomic E-state index is 12.8. The van der Waals surface area contributed by atoms with E-state index in [4.69, 9.17) is 0 Å². The Labute approximate surface area is 128 Å². The van der Waals surface area contributed by atoms with Crippen LogP contribution in [0.3, 0.4) is 0 Å². The van der Waals surface area contributed by atoms with Gasteiger partial charge < -0.3 is 0 Å². The van der Waals surface area contributed by atoms with Crippen LogP contribution in [-0.4, -0.2) is 20.7 Å². The zero-order chi connectivity index (χ0) is 15.1. The molecule has 0 aliphatic rings. The van der Waals surface area contributed by atoms with Crippen LogP contribution in [0, 0.1) is 5.82 Å². The summed E-state index contributed by atoms with van der Waals surface area (Å²) in [5.41, 5.74) is 0. The van der Waals surface area contributed by atoms with Crippen LogP contribution in [-0.2, 0) is 10.0 Å². The minimum Gasteiger partial charge on any atom is -0.211 e. The molecule has 0 unspecified atom stereocenters. The van der Waals surface area contributed by atoms with E-state index in [2.05, 4.69) is 4.72 Å². The molecule has 1 N–H and O–H groups in total. The molecule has 0 saturated heterocycles. The third-order valence-electron chi connectivity index (χ3n) is 2.75. The number of halogens is 1. The van der Waals surface area contributed by atoms with E-state index in [1.165, 1.54) is 17.0 Å². The van der Waals surface area contributed by atoms with Crippen LogP contribution in [0.1, 0.15) is 6.42 Å². The quantitative estimate of drug-likeness (QED) is 0.628. The average molecular weight is 325 g/mol. The molecule has 0 aliphatic heterocycles. The highest BCUT2D eigenvalue weighted by Crippen LogP contribution is 2.17. The fraction of sp³-hybridized carbons (Fsp3) is 0.200. The topological polar surface area (TPSA) is 46.2 Å². The number of rotatable bonds is 7. The highest BCUT2D eigenvalue weighted by Gasteiger charge is 2.12. The third kappa shape index (κ3) is 5.15. The van der Waals surface area contributed by atoms with Crippen LogP contribution in [0.25, 0.3) is 0 Å². The molecule has 0 radical (unpaired) electrons. The van der Waals surface area contributed by atoms with Crippen LogP contribution in [0.2, 0.25) is 0 Å². The van der Waals surface area contributed by atoms with Gasteiger partial charge in [-0.1, -0.05) is 18.2 Å². The predicted molar refractivity (Wildman–Crippen MR) is 83.4 cm³/mol. The molecular formula is C15H16FNO2S2. The lowest BCUT2D eigenvalue weighted by Gasteiger charge is -2.06. The van der Waals surface area contributed by atoms with E-state index in [1.54, 1.807) is 11.8 Å². The molecule has 0 fully saturated rings. The van der Waals surface area contributed by atoms with E-state index < -0.39 is 15.8 Å². The van der Waals surface area contributed by atoms with E-state index in [1.807, 2.05) is 30.3 Å². The summed E-state index contributed by atoms with van der Waals surface area (Å²) in [7, 11) is -3.55. The van der Waals surface area contributed by atoms with Gasteiger partial charge in [-0.3, -0.25) is 0 Å². The maximum Gasteiger partial charge on any atom is 0.240 e. The Morgan fingerprint density at radius 3 is 2.33 bits per heavy atom. The number of nitrogens with one attached hydrogen (secondary N) is 1. The van der Waals surface area contributed by atoms with Gasteiger partial charge in [0.15, 0.2) is 0 Å². The van der Waals surface area contributed by atoms with Crippen molar-refractivity contribution in [1.82, 2.24) is 4.72 Å². The van der Waals surface area contributed by atoms with E-state index in [-0.39, 0.29) is 4.90 Å². The van der Waals surface area contributed by atoms with Crippen molar-refractivity contribution in [2.24, 2.45) is 0 Å². The summed E-state index contributed by atoms with van der Waals surface area (Å²) in [5.74, 6) is 0.379. The van der Waals surface area contributed by atoms with Gasteiger partial charge in [0.2, 0.25) is 10.0 Å². The van der Waals surface area contributed by atoms with E-state index in [0.29, 0.717) is 6.54 Å². The first-order valence-electron chi connectivity index (χ1n) is 6.51. The molecule has 0 bridgehead atoms. The van der Waals surface area contributed by atoms with Crippen molar-refractivity contribution in [2.45, 2.75) is 16.2 Å². The highest BCUT2D eigenvalue weighted by molar-refractivity contribution is 7.99. The SMILES string of the molecule is O=S(=O)(NCCCSc1ccccc1)c1ccc(F)cc1. The van der Waals surface area contributed by atoms with Gasteiger partial charge in [0.25, 0.3) is 0 Å². The van der Waals surface area contributed by atoms with Crippen molar-refractivity contribution >= 4 is 21.8 Å². The highest BCUT2D eigenvalue weighted by atomic mass is 32.2. The normalized spacial score (nSPS) is 11.5. The monoisotopic (exact) mass is 325 g/mol. The number of sulfonamides is 1. The summed E-state index contributed by atoms with van der Waals surface area (Å²) in [6.07, 6.45) is 0.722. The molecule has 112 valence electrons. The number of hydrogen-bond donors (Lipinski definition) is 1. The summed E-state index contributed by atoms with van der Waals surface area (Å²) in [4.78, 5) is 1.25. The molecule has 0 spiro atoms. The van der Waals surface area contributed by atoms with Crippen molar-refractivity contribution in [2.75, 3.05) is 12.3 Å². The van der Waals surface area contributed by atoms with Gasteiger partial charge in [0.05, 0.1) is 4.90 Å². The summed E-state index contributed by atoms with van der Waals surface area (Å²) in [5, 5.41) is 0. The van der Waals surface area contributed by atoms with Gasteiger partial charge in [-0.05, 0) is 48.6 Å². The summed E-state index contributed by atoms with van der Waals surface area (Å²) in [6.45, 7) is 0.361. The molecule has 2 aromatic rings. The lowest BCUT2D eigenvalue weighted by atomic mass is 10.4. The molecule has 0 amide bonds. The molecule has 0 aliphatic carbocycles. The zero-order valence-corrected chi connectivity index (χ0v) is 13.0. The van der Waals surface area contributed by atoms with Gasteiger partial charge >= 0.3 is 0 Å². The Bertz CT molecular complexity index is 658.